The fourth-order valence-electron chi connectivity index (χ4n) is 2.86. The highest BCUT2D eigenvalue weighted by Gasteiger charge is 2.21. The van der Waals surface area contributed by atoms with Crippen molar-refractivity contribution in [2.75, 3.05) is 13.1 Å². The smallest absolute Gasteiger partial charge is 0.258 e. The van der Waals surface area contributed by atoms with Gasteiger partial charge in [0.05, 0.1) is 11.1 Å². The summed E-state index contributed by atoms with van der Waals surface area (Å²) in [6, 6.07) is 9.92. The van der Waals surface area contributed by atoms with Crippen LogP contribution in [0.2, 0.25) is 0 Å². The average molecular weight is 280 g/mol. The van der Waals surface area contributed by atoms with Gasteiger partial charge in [0, 0.05) is 24.0 Å². The molecule has 3 heterocycles. The van der Waals surface area contributed by atoms with Gasteiger partial charge in [0.2, 0.25) is 0 Å². The molecule has 0 saturated carbocycles. The van der Waals surface area contributed by atoms with Crippen molar-refractivity contribution in [2.45, 2.75) is 18.8 Å². The van der Waals surface area contributed by atoms with Crippen LogP contribution in [0.25, 0.3) is 22.4 Å². The molecule has 4 rings (SSSR count). The van der Waals surface area contributed by atoms with E-state index in [9.17, 15) is 0 Å². The Hall–Kier alpha value is -2.27. The van der Waals surface area contributed by atoms with Gasteiger partial charge in [-0.25, -0.2) is 0 Å². The zero-order valence-electron chi connectivity index (χ0n) is 11.6. The highest BCUT2D eigenvalue weighted by molar-refractivity contribution is 5.91. The van der Waals surface area contributed by atoms with E-state index in [0.717, 1.165) is 48.2 Å². The molecule has 1 aliphatic rings. The number of nitrogens with one attached hydrogen (secondary N) is 1. The first-order valence-corrected chi connectivity index (χ1v) is 7.30. The van der Waals surface area contributed by atoms with Crippen LogP contribution in [0.4, 0.5) is 0 Å². The molecule has 5 nitrogen and oxygen atoms in total. The summed E-state index contributed by atoms with van der Waals surface area (Å²) in [5.41, 5.74) is 1.89. The van der Waals surface area contributed by atoms with Crippen molar-refractivity contribution in [2.24, 2.45) is 0 Å². The van der Waals surface area contributed by atoms with Crippen molar-refractivity contribution >= 4 is 10.9 Å². The van der Waals surface area contributed by atoms with E-state index in [1.54, 1.807) is 6.20 Å². The topological polar surface area (TPSA) is 63.8 Å². The number of nitrogens with zero attached hydrogens (tertiary/aromatic N) is 3. The number of rotatable bonds is 2. The standard InChI is InChI=1S/C16H16N4O/c1-2-6-14-12(5-1)13(7-9-18-14)16-19-15(20-21-16)11-4-3-8-17-10-11/h1-2,5-7,9,11,17H,3-4,8,10H2. The van der Waals surface area contributed by atoms with Gasteiger partial charge < -0.3 is 9.84 Å². The summed E-state index contributed by atoms with van der Waals surface area (Å²) in [5.74, 6) is 1.73. The van der Waals surface area contributed by atoms with Crippen LogP contribution < -0.4 is 5.32 Å². The molecule has 0 amide bonds. The number of fused-ring (bicyclic) bond motifs is 1. The third-order valence-corrected chi connectivity index (χ3v) is 3.98. The molecule has 3 aromatic rings. The maximum absolute atomic E-state index is 5.50. The molecule has 0 spiro atoms. The Morgan fingerprint density at radius 3 is 3.05 bits per heavy atom. The van der Waals surface area contributed by atoms with Crippen molar-refractivity contribution in [1.29, 1.82) is 0 Å². The molecule has 1 atom stereocenters. The SMILES string of the molecule is c1ccc2c(-c3nc(C4CCCNC4)no3)ccnc2c1. The van der Waals surface area contributed by atoms with E-state index in [1.807, 2.05) is 30.3 Å². The number of para-hydroxylation sites is 1. The minimum Gasteiger partial charge on any atom is -0.334 e. The van der Waals surface area contributed by atoms with Crippen LogP contribution in [0, 0.1) is 0 Å². The molecule has 1 N–H and O–H groups in total. The molecule has 1 aliphatic heterocycles. The van der Waals surface area contributed by atoms with Crippen LogP contribution >= 0.6 is 0 Å². The summed E-state index contributed by atoms with van der Waals surface area (Å²) in [7, 11) is 0. The zero-order valence-corrected chi connectivity index (χ0v) is 11.6. The third kappa shape index (κ3) is 2.29. The van der Waals surface area contributed by atoms with Crippen LogP contribution in [0.15, 0.2) is 41.1 Å². The Morgan fingerprint density at radius 2 is 2.14 bits per heavy atom. The zero-order chi connectivity index (χ0) is 14.1. The van der Waals surface area contributed by atoms with Crippen molar-refractivity contribution < 1.29 is 4.52 Å². The van der Waals surface area contributed by atoms with Gasteiger partial charge in [-0.2, -0.15) is 4.98 Å². The summed E-state index contributed by atoms with van der Waals surface area (Å²) in [5, 5.41) is 8.60. The lowest BCUT2D eigenvalue weighted by Gasteiger charge is -2.19. The van der Waals surface area contributed by atoms with Gasteiger partial charge in [0.1, 0.15) is 0 Å². The summed E-state index contributed by atoms with van der Waals surface area (Å²) in [4.78, 5) is 8.97. The fourth-order valence-corrected chi connectivity index (χ4v) is 2.86. The summed E-state index contributed by atoms with van der Waals surface area (Å²) in [6.45, 7) is 2.01. The molecule has 5 heteroatoms. The molecule has 106 valence electrons. The van der Waals surface area contributed by atoms with E-state index < -0.39 is 0 Å². The monoisotopic (exact) mass is 280 g/mol. The second kappa shape index (κ2) is 5.26. The third-order valence-electron chi connectivity index (χ3n) is 3.98. The second-order valence-electron chi connectivity index (χ2n) is 5.38. The van der Waals surface area contributed by atoms with E-state index >= 15 is 0 Å². The number of pyridine rings is 1. The van der Waals surface area contributed by atoms with E-state index in [0.29, 0.717) is 11.8 Å². The Morgan fingerprint density at radius 1 is 1.19 bits per heavy atom. The molecule has 1 saturated heterocycles. The molecule has 0 bridgehead atoms. The molecule has 1 aromatic carbocycles. The first-order valence-electron chi connectivity index (χ1n) is 7.30. The van der Waals surface area contributed by atoms with Gasteiger partial charge in [-0.3, -0.25) is 4.98 Å². The van der Waals surface area contributed by atoms with Gasteiger partial charge in [-0.15, -0.1) is 0 Å². The highest BCUT2D eigenvalue weighted by Crippen LogP contribution is 2.28. The Labute approximate surface area is 122 Å². The van der Waals surface area contributed by atoms with Crippen LogP contribution in [0.1, 0.15) is 24.6 Å². The van der Waals surface area contributed by atoms with Gasteiger partial charge >= 0.3 is 0 Å². The Balaban J connectivity index is 1.74. The lowest BCUT2D eigenvalue weighted by atomic mass is 9.99. The maximum atomic E-state index is 5.50. The lowest BCUT2D eigenvalue weighted by molar-refractivity contribution is 0.393. The Bertz CT molecular complexity index is 756. The number of hydrogen-bond acceptors (Lipinski definition) is 5. The second-order valence-corrected chi connectivity index (χ2v) is 5.38. The molecular formula is C16H16N4O. The number of piperidine rings is 1. The largest absolute Gasteiger partial charge is 0.334 e. The highest BCUT2D eigenvalue weighted by atomic mass is 16.5. The van der Waals surface area contributed by atoms with Crippen molar-refractivity contribution in [1.82, 2.24) is 20.4 Å². The van der Waals surface area contributed by atoms with E-state index in [4.69, 9.17) is 4.52 Å². The van der Waals surface area contributed by atoms with E-state index in [1.165, 1.54) is 0 Å². The molecule has 1 fully saturated rings. The molecule has 0 radical (unpaired) electrons. The summed E-state index contributed by atoms with van der Waals surface area (Å²) in [6.07, 6.45) is 4.06. The summed E-state index contributed by atoms with van der Waals surface area (Å²) >= 11 is 0. The molecule has 0 aliphatic carbocycles. The first kappa shape index (κ1) is 12.5. The van der Waals surface area contributed by atoms with Crippen LogP contribution in [0.3, 0.4) is 0 Å². The fraction of sp³-hybridized carbons (Fsp3) is 0.312. The number of aromatic nitrogens is 3. The molecule has 1 unspecified atom stereocenters. The molecular weight excluding hydrogens is 264 g/mol. The predicted octanol–water partition coefficient (Wildman–Crippen LogP) is 2.75. The predicted molar refractivity (Wildman–Crippen MR) is 79.9 cm³/mol. The quantitative estimate of drug-likeness (QED) is 0.782. The van der Waals surface area contributed by atoms with Crippen molar-refractivity contribution in [3.8, 4) is 11.5 Å². The minimum absolute atomic E-state index is 0.351. The van der Waals surface area contributed by atoms with Gasteiger partial charge in [-0.1, -0.05) is 23.4 Å². The average Bonchev–Trinajstić information content (AvgIpc) is 3.05. The van der Waals surface area contributed by atoms with E-state index in [2.05, 4.69) is 20.4 Å². The van der Waals surface area contributed by atoms with Crippen molar-refractivity contribution in [3.63, 3.8) is 0 Å². The normalized spacial score (nSPS) is 19.0. The first-order chi connectivity index (χ1) is 10.4. The van der Waals surface area contributed by atoms with Crippen LogP contribution in [0.5, 0.6) is 0 Å². The van der Waals surface area contributed by atoms with Crippen LogP contribution in [-0.4, -0.2) is 28.2 Å². The minimum atomic E-state index is 0.351. The van der Waals surface area contributed by atoms with E-state index in [-0.39, 0.29) is 0 Å². The number of benzene rings is 1. The van der Waals surface area contributed by atoms with Gasteiger partial charge in [0.25, 0.3) is 5.89 Å². The maximum Gasteiger partial charge on any atom is 0.258 e. The lowest BCUT2D eigenvalue weighted by Crippen LogP contribution is -2.28. The van der Waals surface area contributed by atoms with Crippen molar-refractivity contribution in [3.05, 3.63) is 42.4 Å². The van der Waals surface area contributed by atoms with Crippen LogP contribution in [-0.2, 0) is 0 Å². The Kier molecular flexibility index (Phi) is 3.12. The van der Waals surface area contributed by atoms with Gasteiger partial charge in [-0.05, 0) is 31.5 Å². The summed E-state index contributed by atoms with van der Waals surface area (Å²) < 4.78 is 5.50. The van der Waals surface area contributed by atoms with Gasteiger partial charge in [0.15, 0.2) is 5.82 Å². The molecule has 21 heavy (non-hydrogen) atoms. The number of hydrogen-bond donors (Lipinski definition) is 1. The molecule has 2 aromatic heterocycles.